The van der Waals surface area contributed by atoms with E-state index in [0.717, 1.165) is 30.4 Å². The maximum atomic E-state index is 13.2. The number of rotatable bonds is 8. The molecule has 7 nitrogen and oxygen atoms in total. The zero-order valence-corrected chi connectivity index (χ0v) is 18.1. The first-order chi connectivity index (χ1) is 15.1. The van der Waals surface area contributed by atoms with E-state index in [1.165, 1.54) is 0 Å². The van der Waals surface area contributed by atoms with Gasteiger partial charge in [-0.05, 0) is 42.8 Å². The molecule has 7 heteroatoms. The fourth-order valence-electron chi connectivity index (χ4n) is 4.09. The third-order valence-corrected chi connectivity index (χ3v) is 5.76. The summed E-state index contributed by atoms with van der Waals surface area (Å²) in [6.45, 7) is 4.65. The first-order valence-electron chi connectivity index (χ1n) is 10.8. The minimum Gasteiger partial charge on any atom is -0.445 e. The van der Waals surface area contributed by atoms with E-state index >= 15 is 0 Å². The number of nitrogens with zero attached hydrogens (tertiary/aromatic N) is 4. The summed E-state index contributed by atoms with van der Waals surface area (Å²) in [4.78, 5) is 17.9. The molecule has 1 amide bonds. The van der Waals surface area contributed by atoms with Crippen molar-refractivity contribution in [3.05, 3.63) is 82.2 Å². The molecule has 31 heavy (non-hydrogen) atoms. The molecule has 3 rings (SSSR count). The van der Waals surface area contributed by atoms with E-state index in [0.29, 0.717) is 6.54 Å². The smallest absolute Gasteiger partial charge is 0.410 e. The van der Waals surface area contributed by atoms with Crippen molar-refractivity contribution in [3.63, 3.8) is 0 Å². The molecule has 0 radical (unpaired) electrons. The first-order valence-corrected chi connectivity index (χ1v) is 10.8. The summed E-state index contributed by atoms with van der Waals surface area (Å²) in [5.41, 5.74) is 10.8. The van der Waals surface area contributed by atoms with Gasteiger partial charge in [0.2, 0.25) is 0 Å². The summed E-state index contributed by atoms with van der Waals surface area (Å²) in [6.07, 6.45) is 1.51. The number of azide groups is 1. The number of carbonyl (C=O) groups is 1. The maximum absolute atomic E-state index is 13.2. The van der Waals surface area contributed by atoms with E-state index in [1.54, 1.807) is 4.90 Å². The van der Waals surface area contributed by atoms with Crippen LogP contribution in [0.25, 0.3) is 10.4 Å². The van der Waals surface area contributed by atoms with Crippen molar-refractivity contribution in [2.24, 2.45) is 5.11 Å². The highest BCUT2D eigenvalue weighted by molar-refractivity contribution is 5.68. The highest BCUT2D eigenvalue weighted by atomic mass is 16.6. The number of amides is 1. The summed E-state index contributed by atoms with van der Waals surface area (Å²) in [6, 6.07) is 19.3. The van der Waals surface area contributed by atoms with E-state index in [1.807, 2.05) is 67.6 Å². The van der Waals surface area contributed by atoms with Crippen LogP contribution in [0, 0.1) is 0 Å². The van der Waals surface area contributed by atoms with Gasteiger partial charge in [0.25, 0.3) is 0 Å². The molecule has 2 aromatic carbocycles. The molecule has 164 valence electrons. The van der Waals surface area contributed by atoms with Gasteiger partial charge in [0.15, 0.2) is 0 Å². The van der Waals surface area contributed by atoms with Gasteiger partial charge in [0.1, 0.15) is 6.61 Å². The lowest BCUT2D eigenvalue weighted by atomic mass is 9.93. The summed E-state index contributed by atoms with van der Waals surface area (Å²) < 4.78 is 11.9. The Kier molecular flexibility index (Phi) is 8.33. The Morgan fingerprint density at radius 3 is 2.39 bits per heavy atom. The fraction of sp³-hybridized carbons (Fsp3) is 0.458. The van der Waals surface area contributed by atoms with Crippen LogP contribution in [0.3, 0.4) is 0 Å². The van der Waals surface area contributed by atoms with Crippen molar-refractivity contribution < 1.29 is 14.3 Å². The third kappa shape index (κ3) is 6.23. The summed E-state index contributed by atoms with van der Waals surface area (Å²) in [5, 5.41) is 3.85. The Hall–Kier alpha value is -3.02. The lowest BCUT2D eigenvalue weighted by molar-refractivity contribution is -0.0898. The molecular weight excluding hydrogens is 392 g/mol. The van der Waals surface area contributed by atoms with Crippen molar-refractivity contribution in [1.29, 1.82) is 0 Å². The third-order valence-electron chi connectivity index (χ3n) is 5.76. The fourth-order valence-corrected chi connectivity index (χ4v) is 4.09. The van der Waals surface area contributed by atoms with E-state index in [9.17, 15) is 4.79 Å². The van der Waals surface area contributed by atoms with Gasteiger partial charge in [0, 0.05) is 11.5 Å². The Balaban J connectivity index is 1.76. The molecule has 1 saturated heterocycles. The second-order valence-corrected chi connectivity index (χ2v) is 7.86. The minimum atomic E-state index is -0.354. The Morgan fingerprint density at radius 1 is 1.16 bits per heavy atom. The molecule has 2 aromatic rings. The number of benzene rings is 2. The monoisotopic (exact) mass is 422 g/mol. The number of hydrogen-bond donors (Lipinski definition) is 0. The largest absolute Gasteiger partial charge is 0.445 e. The zero-order chi connectivity index (χ0) is 22.1. The minimum absolute atomic E-state index is 0.141. The van der Waals surface area contributed by atoms with E-state index in [-0.39, 0.29) is 37.0 Å². The van der Waals surface area contributed by atoms with Crippen molar-refractivity contribution in [2.45, 2.75) is 70.6 Å². The second-order valence-electron chi connectivity index (χ2n) is 7.86. The molecule has 2 unspecified atom stereocenters. The van der Waals surface area contributed by atoms with E-state index in [4.69, 9.17) is 15.0 Å². The first kappa shape index (κ1) is 22.7. The van der Waals surface area contributed by atoms with Gasteiger partial charge in [-0.1, -0.05) is 72.7 Å². The Bertz CT molecular complexity index is 871. The average Bonchev–Trinajstić information content (AvgIpc) is 2.80. The van der Waals surface area contributed by atoms with Crippen LogP contribution in [0.4, 0.5) is 4.79 Å². The van der Waals surface area contributed by atoms with Crippen molar-refractivity contribution in [1.82, 2.24) is 4.90 Å². The van der Waals surface area contributed by atoms with Crippen LogP contribution in [0.2, 0.25) is 0 Å². The van der Waals surface area contributed by atoms with Crippen molar-refractivity contribution in [3.8, 4) is 0 Å². The lowest BCUT2D eigenvalue weighted by Gasteiger charge is -2.41. The van der Waals surface area contributed by atoms with Gasteiger partial charge < -0.3 is 9.47 Å². The van der Waals surface area contributed by atoms with Crippen molar-refractivity contribution in [2.75, 3.05) is 0 Å². The standard InChI is InChI=1S/C24H30N4O3/c1-3-22(23-15-14-21(26-27-25)18(2)31-23)28(16-19-10-6-4-7-11-19)24(29)30-17-20-12-8-5-9-13-20/h4-13,18,21-23H,3,14-17H2,1-2H3/t18?,21?,22-,23+/m1/s1. The van der Waals surface area contributed by atoms with Gasteiger partial charge in [0.05, 0.1) is 24.3 Å². The topological polar surface area (TPSA) is 87.5 Å². The molecule has 0 aromatic heterocycles. The second kappa shape index (κ2) is 11.4. The van der Waals surface area contributed by atoms with Gasteiger partial charge >= 0.3 is 6.09 Å². The number of hydrogen-bond acceptors (Lipinski definition) is 4. The van der Waals surface area contributed by atoms with Gasteiger partial charge in [-0.3, -0.25) is 4.90 Å². The van der Waals surface area contributed by atoms with Crippen LogP contribution in [-0.4, -0.2) is 35.3 Å². The highest BCUT2D eigenvalue weighted by Gasteiger charge is 2.37. The number of carbonyl (C=O) groups excluding carboxylic acids is 1. The van der Waals surface area contributed by atoms with E-state index < -0.39 is 0 Å². The molecule has 0 aliphatic carbocycles. The molecule has 4 atom stereocenters. The van der Waals surface area contributed by atoms with Crippen LogP contribution < -0.4 is 0 Å². The summed E-state index contributed by atoms with van der Waals surface area (Å²) >= 11 is 0. The molecule has 0 N–H and O–H groups in total. The normalized spacial score (nSPS) is 21.5. The van der Waals surface area contributed by atoms with Gasteiger partial charge in [-0.25, -0.2) is 4.79 Å². The van der Waals surface area contributed by atoms with Crippen molar-refractivity contribution >= 4 is 6.09 Å². The SMILES string of the molecule is CC[C@H]([C@@H]1CCC(N=[N+]=[N-])C(C)O1)N(Cc1ccccc1)C(=O)OCc1ccccc1. The molecule has 1 heterocycles. The maximum Gasteiger partial charge on any atom is 0.410 e. The Morgan fingerprint density at radius 2 is 1.81 bits per heavy atom. The molecule has 1 aliphatic heterocycles. The zero-order valence-electron chi connectivity index (χ0n) is 18.1. The quantitative estimate of drug-likeness (QED) is 0.304. The highest BCUT2D eigenvalue weighted by Crippen LogP contribution is 2.29. The van der Waals surface area contributed by atoms with E-state index in [2.05, 4.69) is 16.9 Å². The predicted molar refractivity (Wildman–Crippen MR) is 119 cm³/mol. The van der Waals surface area contributed by atoms with Crippen LogP contribution in [0.15, 0.2) is 65.8 Å². The summed E-state index contributed by atoms with van der Waals surface area (Å²) in [5.74, 6) is 0. The number of ether oxygens (including phenoxy) is 2. The van der Waals surface area contributed by atoms with Gasteiger partial charge in [-0.2, -0.15) is 0 Å². The Labute approximate surface area is 183 Å². The summed E-state index contributed by atoms with van der Waals surface area (Å²) in [7, 11) is 0. The van der Waals surface area contributed by atoms with Crippen LogP contribution in [0.1, 0.15) is 44.2 Å². The van der Waals surface area contributed by atoms with Crippen LogP contribution in [-0.2, 0) is 22.6 Å². The average molecular weight is 423 g/mol. The van der Waals surface area contributed by atoms with Crippen LogP contribution in [0.5, 0.6) is 0 Å². The molecule has 0 spiro atoms. The molecule has 1 fully saturated rings. The molecular formula is C24H30N4O3. The van der Waals surface area contributed by atoms with Gasteiger partial charge in [-0.15, -0.1) is 0 Å². The molecule has 0 bridgehead atoms. The predicted octanol–water partition coefficient (Wildman–Crippen LogP) is 5.85. The molecule has 0 saturated carbocycles. The molecule has 1 aliphatic rings. The lowest BCUT2D eigenvalue weighted by Crippen LogP contribution is -2.51. The van der Waals surface area contributed by atoms with Crippen LogP contribution >= 0.6 is 0 Å².